The second-order valence-electron chi connectivity index (χ2n) is 6.26. The molecule has 9 nitrogen and oxygen atoms in total. The molecule has 140 valence electrons. The number of nitrogens with zero attached hydrogens (tertiary/aromatic N) is 3. The van der Waals surface area contributed by atoms with Crippen molar-refractivity contribution >= 4 is 11.9 Å². The molecule has 3 atom stereocenters. The van der Waals surface area contributed by atoms with E-state index in [1.54, 1.807) is 36.7 Å². The van der Waals surface area contributed by atoms with Crippen LogP contribution >= 0.6 is 0 Å². The maximum atomic E-state index is 13.0. The van der Waals surface area contributed by atoms with E-state index in [4.69, 9.17) is 4.74 Å². The fourth-order valence-corrected chi connectivity index (χ4v) is 3.81. The van der Waals surface area contributed by atoms with Gasteiger partial charge in [-0.1, -0.05) is 12.1 Å². The van der Waals surface area contributed by atoms with Crippen molar-refractivity contribution in [3.63, 3.8) is 0 Å². The first kappa shape index (κ1) is 18.4. The monoisotopic (exact) mass is 370 g/mol. The number of aromatic nitrogens is 2. The smallest absolute Gasteiger partial charge is 0.322 e. The summed E-state index contributed by atoms with van der Waals surface area (Å²) in [5.41, 5.74) is -0.752. The fourth-order valence-electron chi connectivity index (χ4n) is 3.81. The predicted octanol–water partition coefficient (Wildman–Crippen LogP) is 0.910. The Morgan fingerprint density at radius 3 is 2.63 bits per heavy atom. The van der Waals surface area contributed by atoms with Gasteiger partial charge in [0.05, 0.1) is 13.0 Å². The first-order chi connectivity index (χ1) is 13.0. The number of pyridine rings is 2. The molecule has 27 heavy (non-hydrogen) atoms. The standard InChI is InChI=1S/C18H18N4O5/c1-27-17(24)18(15(11-22(25)26)13-5-3-7-20-9-13)14(10-21-16(18)23)12-4-2-6-19-8-12/h2-9,14-15H,10-11H2,1H3,(H,21,23). The zero-order valence-corrected chi connectivity index (χ0v) is 14.6. The van der Waals surface area contributed by atoms with Gasteiger partial charge >= 0.3 is 5.97 Å². The Kier molecular flexibility index (Phi) is 5.11. The average Bonchev–Trinajstić information content (AvgIpc) is 3.04. The van der Waals surface area contributed by atoms with E-state index >= 15 is 0 Å². The van der Waals surface area contributed by atoms with E-state index in [0.29, 0.717) is 11.1 Å². The van der Waals surface area contributed by atoms with Gasteiger partial charge in [0.2, 0.25) is 12.5 Å². The quantitative estimate of drug-likeness (QED) is 0.347. The van der Waals surface area contributed by atoms with Gasteiger partial charge in [-0.25, -0.2) is 0 Å². The number of hydrogen-bond acceptors (Lipinski definition) is 7. The van der Waals surface area contributed by atoms with Gasteiger partial charge in [0.1, 0.15) is 0 Å². The highest BCUT2D eigenvalue weighted by Gasteiger charge is 2.64. The summed E-state index contributed by atoms with van der Waals surface area (Å²) < 4.78 is 4.98. The van der Waals surface area contributed by atoms with Crippen molar-refractivity contribution in [1.82, 2.24) is 15.3 Å². The van der Waals surface area contributed by atoms with Crippen LogP contribution < -0.4 is 5.32 Å². The first-order valence-electron chi connectivity index (χ1n) is 8.30. The lowest BCUT2D eigenvalue weighted by Gasteiger charge is -2.35. The van der Waals surface area contributed by atoms with Gasteiger partial charge in [0, 0.05) is 42.2 Å². The van der Waals surface area contributed by atoms with Crippen LogP contribution in [0.25, 0.3) is 0 Å². The van der Waals surface area contributed by atoms with Gasteiger partial charge < -0.3 is 10.1 Å². The normalized spacial score (nSPS) is 22.7. The number of amides is 1. The molecule has 1 amide bonds. The number of rotatable bonds is 6. The van der Waals surface area contributed by atoms with Gasteiger partial charge in [-0.15, -0.1) is 0 Å². The Morgan fingerprint density at radius 2 is 2.07 bits per heavy atom. The van der Waals surface area contributed by atoms with Crippen LogP contribution in [-0.2, 0) is 14.3 Å². The predicted molar refractivity (Wildman–Crippen MR) is 93.3 cm³/mol. The molecule has 9 heteroatoms. The summed E-state index contributed by atoms with van der Waals surface area (Å²) in [5.74, 6) is -3.14. The van der Waals surface area contributed by atoms with Crippen LogP contribution in [-0.4, -0.2) is 47.0 Å². The molecule has 1 N–H and O–H groups in total. The SMILES string of the molecule is COC(=O)C1(C(C[N+](=O)[O-])c2cccnc2)C(=O)NCC1c1cccnc1. The van der Waals surface area contributed by atoms with Crippen molar-refractivity contribution < 1.29 is 19.2 Å². The molecule has 1 aliphatic heterocycles. The summed E-state index contributed by atoms with van der Waals surface area (Å²) in [4.78, 5) is 44.9. The Labute approximate surface area is 154 Å². The lowest BCUT2D eigenvalue weighted by molar-refractivity contribution is -0.485. The summed E-state index contributed by atoms with van der Waals surface area (Å²) in [6.07, 6.45) is 6.08. The third-order valence-corrected chi connectivity index (χ3v) is 4.97. The number of methoxy groups -OCH3 is 1. The molecular weight excluding hydrogens is 352 g/mol. The highest BCUT2D eigenvalue weighted by Crippen LogP contribution is 2.50. The zero-order valence-electron chi connectivity index (χ0n) is 14.6. The minimum atomic E-state index is -1.80. The molecular formula is C18H18N4O5. The summed E-state index contributed by atoms with van der Waals surface area (Å²) >= 11 is 0. The Balaban J connectivity index is 2.24. The van der Waals surface area contributed by atoms with Gasteiger partial charge in [-0.2, -0.15) is 0 Å². The number of ether oxygens (including phenoxy) is 1. The molecule has 0 saturated carbocycles. The minimum Gasteiger partial charge on any atom is -0.468 e. The molecule has 1 fully saturated rings. The number of nitro groups is 1. The van der Waals surface area contributed by atoms with Crippen LogP contribution in [0.15, 0.2) is 49.1 Å². The van der Waals surface area contributed by atoms with Crippen LogP contribution in [0.2, 0.25) is 0 Å². The number of nitrogens with one attached hydrogen (secondary N) is 1. The summed E-state index contributed by atoms with van der Waals surface area (Å²) in [7, 11) is 1.17. The summed E-state index contributed by atoms with van der Waals surface area (Å²) in [6, 6.07) is 6.66. The van der Waals surface area contributed by atoms with E-state index in [-0.39, 0.29) is 6.54 Å². The van der Waals surface area contributed by atoms with Gasteiger partial charge in [-0.3, -0.25) is 29.7 Å². The summed E-state index contributed by atoms with van der Waals surface area (Å²) in [6.45, 7) is -0.473. The van der Waals surface area contributed by atoms with Gasteiger partial charge in [0.15, 0.2) is 5.41 Å². The van der Waals surface area contributed by atoms with Crippen LogP contribution in [0.5, 0.6) is 0 Å². The summed E-state index contributed by atoms with van der Waals surface area (Å²) in [5, 5.41) is 14.1. The number of carbonyl (C=O) groups is 2. The number of esters is 1. The zero-order chi connectivity index (χ0) is 19.4. The van der Waals surface area contributed by atoms with Gasteiger partial charge in [-0.05, 0) is 23.3 Å². The molecule has 0 spiro atoms. The van der Waals surface area contributed by atoms with Crippen LogP contribution in [0.1, 0.15) is 23.0 Å². The largest absolute Gasteiger partial charge is 0.468 e. The molecule has 3 heterocycles. The fraction of sp³-hybridized carbons (Fsp3) is 0.333. The van der Waals surface area contributed by atoms with E-state index in [1.165, 1.54) is 19.5 Å². The van der Waals surface area contributed by atoms with Crippen molar-refractivity contribution in [1.29, 1.82) is 0 Å². The molecule has 1 aliphatic rings. The van der Waals surface area contributed by atoms with Crippen molar-refractivity contribution in [2.45, 2.75) is 11.8 Å². The van der Waals surface area contributed by atoms with E-state index in [2.05, 4.69) is 15.3 Å². The van der Waals surface area contributed by atoms with E-state index in [0.717, 1.165) is 0 Å². The van der Waals surface area contributed by atoms with Gasteiger partial charge in [0.25, 0.3) is 0 Å². The van der Waals surface area contributed by atoms with E-state index in [1.807, 2.05) is 0 Å². The van der Waals surface area contributed by atoms with E-state index in [9.17, 15) is 19.7 Å². The minimum absolute atomic E-state index is 0.147. The molecule has 0 bridgehead atoms. The van der Waals surface area contributed by atoms with Crippen LogP contribution in [0.3, 0.4) is 0 Å². The molecule has 2 aromatic rings. The van der Waals surface area contributed by atoms with Crippen molar-refractivity contribution in [3.8, 4) is 0 Å². The van der Waals surface area contributed by atoms with Crippen molar-refractivity contribution in [3.05, 3.63) is 70.3 Å². The second-order valence-corrected chi connectivity index (χ2v) is 6.26. The number of carbonyl (C=O) groups excluding carboxylic acids is 2. The Morgan fingerprint density at radius 1 is 1.37 bits per heavy atom. The molecule has 2 aromatic heterocycles. The third-order valence-electron chi connectivity index (χ3n) is 4.97. The maximum absolute atomic E-state index is 13.0. The number of hydrogen-bond donors (Lipinski definition) is 1. The topological polar surface area (TPSA) is 124 Å². The highest BCUT2D eigenvalue weighted by molar-refractivity contribution is 6.06. The molecule has 3 unspecified atom stereocenters. The molecule has 3 rings (SSSR count). The molecule has 0 aliphatic carbocycles. The Bertz CT molecular complexity index is 845. The van der Waals surface area contributed by atoms with E-state index < -0.39 is 40.6 Å². The lowest BCUT2D eigenvalue weighted by atomic mass is 9.63. The van der Waals surface area contributed by atoms with Crippen molar-refractivity contribution in [2.24, 2.45) is 5.41 Å². The highest BCUT2D eigenvalue weighted by atomic mass is 16.6. The van der Waals surface area contributed by atoms with Crippen LogP contribution in [0.4, 0.5) is 0 Å². The van der Waals surface area contributed by atoms with Crippen LogP contribution in [0, 0.1) is 15.5 Å². The second kappa shape index (κ2) is 7.48. The molecule has 0 radical (unpaired) electrons. The Hall–Kier alpha value is -3.36. The maximum Gasteiger partial charge on any atom is 0.322 e. The third kappa shape index (κ3) is 3.12. The molecule has 0 aromatic carbocycles. The van der Waals surface area contributed by atoms with Crippen molar-refractivity contribution in [2.75, 3.05) is 20.2 Å². The average molecular weight is 370 g/mol. The lowest BCUT2D eigenvalue weighted by Crippen LogP contribution is -2.49. The molecule has 1 saturated heterocycles. The first-order valence-corrected chi connectivity index (χ1v) is 8.30.